The number of nitrogens with zero attached hydrogens (tertiary/aromatic N) is 1. The molecule has 4 rings (SSSR count). The first kappa shape index (κ1) is 18.4. The number of rotatable bonds is 5. The number of quaternary nitrogens is 1. The second kappa shape index (κ2) is 7.20. The van der Waals surface area contributed by atoms with Crippen LogP contribution in [-0.4, -0.2) is 33.3 Å². The summed E-state index contributed by atoms with van der Waals surface area (Å²) < 4.78 is 6.60. The third-order valence-corrected chi connectivity index (χ3v) is 5.51. The number of hydrogen-bond donors (Lipinski definition) is 4. The van der Waals surface area contributed by atoms with Crippen molar-refractivity contribution in [1.82, 2.24) is 14.5 Å². The molecule has 0 radical (unpaired) electrons. The van der Waals surface area contributed by atoms with Gasteiger partial charge in [-0.25, -0.2) is 4.79 Å². The molecule has 0 fully saturated rings. The van der Waals surface area contributed by atoms with Gasteiger partial charge in [-0.05, 0) is 30.2 Å². The Hall–Kier alpha value is -3.00. The standard InChI is InChI=1S/C20H24N4O4/c1-3-4-9-24-19(26)15(18(25)23-20(24)27)17-16-12(7-8-21-17)13-10-11(28-2)5-6-14(13)22-16/h5-6,10,17,21-22,26H,3-4,7-9H2,1-2H3,(H,23,25,27)/p+1/t17-/m0/s1. The Morgan fingerprint density at radius 2 is 2.14 bits per heavy atom. The number of aromatic hydroxyl groups is 1. The number of aromatic nitrogens is 3. The van der Waals surface area contributed by atoms with Crippen molar-refractivity contribution in [3.63, 3.8) is 0 Å². The smallest absolute Gasteiger partial charge is 0.331 e. The molecule has 0 aliphatic carbocycles. The zero-order valence-corrected chi connectivity index (χ0v) is 16.0. The molecule has 0 unspecified atom stereocenters. The van der Waals surface area contributed by atoms with Crippen LogP contribution >= 0.6 is 0 Å². The van der Waals surface area contributed by atoms with Gasteiger partial charge in [0.2, 0.25) is 5.88 Å². The minimum Gasteiger partial charge on any atom is -0.497 e. The molecule has 2 aromatic heterocycles. The Morgan fingerprint density at radius 3 is 2.89 bits per heavy atom. The second-order valence-corrected chi connectivity index (χ2v) is 7.18. The van der Waals surface area contributed by atoms with Crippen molar-refractivity contribution in [2.45, 2.75) is 38.8 Å². The highest BCUT2D eigenvalue weighted by molar-refractivity contribution is 5.86. The van der Waals surface area contributed by atoms with Gasteiger partial charge >= 0.3 is 5.69 Å². The number of benzene rings is 1. The van der Waals surface area contributed by atoms with Crippen LogP contribution < -0.4 is 21.3 Å². The predicted octanol–water partition coefficient (Wildman–Crippen LogP) is 0.741. The third-order valence-electron chi connectivity index (χ3n) is 5.51. The first-order valence-electron chi connectivity index (χ1n) is 9.63. The summed E-state index contributed by atoms with van der Waals surface area (Å²) in [5.41, 5.74) is 2.07. The highest BCUT2D eigenvalue weighted by Crippen LogP contribution is 2.33. The fourth-order valence-corrected chi connectivity index (χ4v) is 4.06. The maximum Gasteiger partial charge on any atom is 0.331 e. The molecule has 1 aliphatic rings. The lowest BCUT2D eigenvalue weighted by Crippen LogP contribution is -2.87. The summed E-state index contributed by atoms with van der Waals surface area (Å²) >= 11 is 0. The van der Waals surface area contributed by atoms with Gasteiger partial charge < -0.3 is 20.1 Å². The molecule has 1 aromatic carbocycles. The van der Waals surface area contributed by atoms with Crippen molar-refractivity contribution in [3.05, 3.63) is 55.9 Å². The zero-order valence-electron chi connectivity index (χ0n) is 16.0. The summed E-state index contributed by atoms with van der Waals surface area (Å²) in [5, 5.41) is 13.9. The minimum atomic E-state index is -0.572. The molecule has 8 nitrogen and oxygen atoms in total. The van der Waals surface area contributed by atoms with E-state index < -0.39 is 17.3 Å². The fourth-order valence-electron chi connectivity index (χ4n) is 4.06. The van der Waals surface area contributed by atoms with Crippen molar-refractivity contribution in [3.8, 4) is 11.6 Å². The first-order chi connectivity index (χ1) is 13.5. The van der Waals surface area contributed by atoms with Crippen LogP contribution in [0.3, 0.4) is 0 Å². The molecular weight excluding hydrogens is 360 g/mol. The summed E-state index contributed by atoms with van der Waals surface area (Å²) in [7, 11) is 1.63. The normalized spacial score (nSPS) is 16.3. The van der Waals surface area contributed by atoms with Gasteiger partial charge in [0, 0.05) is 23.9 Å². The van der Waals surface area contributed by atoms with E-state index in [-0.39, 0.29) is 11.4 Å². The highest BCUT2D eigenvalue weighted by Gasteiger charge is 2.34. The Labute approximate surface area is 161 Å². The number of ether oxygens (including phenoxy) is 1. The van der Waals surface area contributed by atoms with E-state index in [2.05, 4.69) is 9.97 Å². The van der Waals surface area contributed by atoms with Crippen LogP contribution in [0.4, 0.5) is 0 Å². The van der Waals surface area contributed by atoms with Crippen LogP contribution in [-0.2, 0) is 13.0 Å². The molecule has 1 atom stereocenters. The maximum atomic E-state index is 12.6. The monoisotopic (exact) mass is 385 g/mol. The molecule has 0 amide bonds. The van der Waals surface area contributed by atoms with Crippen molar-refractivity contribution in [2.75, 3.05) is 13.7 Å². The second-order valence-electron chi connectivity index (χ2n) is 7.18. The van der Waals surface area contributed by atoms with Crippen molar-refractivity contribution in [1.29, 1.82) is 0 Å². The topological polar surface area (TPSA) is 117 Å². The van der Waals surface area contributed by atoms with Crippen LogP contribution in [0.2, 0.25) is 0 Å². The summed E-state index contributed by atoms with van der Waals surface area (Å²) in [6.45, 7) is 3.15. The Bertz CT molecular complexity index is 1140. The Kier molecular flexibility index (Phi) is 4.72. The molecule has 1 aliphatic heterocycles. The van der Waals surface area contributed by atoms with Crippen molar-refractivity contribution < 1.29 is 15.2 Å². The number of nitrogens with one attached hydrogen (secondary N) is 2. The third kappa shape index (κ3) is 2.90. The molecule has 0 saturated carbocycles. The maximum absolute atomic E-state index is 12.6. The SMILES string of the molecule is CCCCn1c(O)c([C@@H]2[NH2+]CCc3c2[nH]c2ccc(OC)cc32)c(=O)[nH]c1=O. The van der Waals surface area contributed by atoms with Gasteiger partial charge in [-0.1, -0.05) is 13.3 Å². The molecule has 0 bridgehead atoms. The number of fused-ring (bicyclic) bond motifs is 3. The van der Waals surface area contributed by atoms with Crippen molar-refractivity contribution in [2.24, 2.45) is 0 Å². The Morgan fingerprint density at radius 1 is 1.32 bits per heavy atom. The van der Waals surface area contributed by atoms with E-state index in [9.17, 15) is 14.7 Å². The zero-order chi connectivity index (χ0) is 19.8. The average molecular weight is 385 g/mol. The first-order valence-corrected chi connectivity index (χ1v) is 9.63. The van der Waals surface area contributed by atoms with E-state index in [0.717, 1.165) is 53.7 Å². The molecule has 8 heteroatoms. The molecule has 0 spiro atoms. The fraction of sp³-hybridized carbons (Fsp3) is 0.400. The molecule has 148 valence electrons. The Balaban J connectivity index is 1.89. The van der Waals surface area contributed by atoms with E-state index in [0.29, 0.717) is 6.54 Å². The molecular formula is C20H25N4O4+. The largest absolute Gasteiger partial charge is 0.497 e. The molecule has 5 N–H and O–H groups in total. The highest BCUT2D eigenvalue weighted by atomic mass is 16.5. The van der Waals surface area contributed by atoms with Crippen LogP contribution in [0.1, 0.15) is 42.6 Å². The van der Waals surface area contributed by atoms with Gasteiger partial charge in [-0.2, -0.15) is 0 Å². The molecule has 0 saturated heterocycles. The average Bonchev–Trinajstić information content (AvgIpc) is 3.06. The summed E-state index contributed by atoms with van der Waals surface area (Å²) in [5.74, 6) is 0.529. The molecule has 3 heterocycles. The molecule has 3 aromatic rings. The molecule has 28 heavy (non-hydrogen) atoms. The lowest BCUT2D eigenvalue weighted by Gasteiger charge is -2.22. The van der Waals surface area contributed by atoms with Crippen LogP contribution in [0, 0.1) is 0 Å². The number of H-pyrrole nitrogens is 2. The summed E-state index contributed by atoms with van der Waals surface area (Å²) in [4.78, 5) is 30.6. The van der Waals surface area contributed by atoms with Gasteiger partial charge in [0.25, 0.3) is 5.56 Å². The van der Waals surface area contributed by atoms with Crippen molar-refractivity contribution >= 4 is 10.9 Å². The predicted molar refractivity (Wildman–Crippen MR) is 105 cm³/mol. The lowest BCUT2D eigenvalue weighted by molar-refractivity contribution is -0.690. The van der Waals surface area contributed by atoms with E-state index in [1.807, 2.05) is 30.4 Å². The van der Waals surface area contributed by atoms with Gasteiger partial charge in [-0.3, -0.25) is 14.3 Å². The summed E-state index contributed by atoms with van der Waals surface area (Å²) in [6, 6.07) is 5.42. The van der Waals surface area contributed by atoms with Crippen LogP contribution in [0.15, 0.2) is 27.8 Å². The van der Waals surface area contributed by atoms with E-state index >= 15 is 0 Å². The van der Waals surface area contributed by atoms with Crippen LogP contribution in [0.5, 0.6) is 11.6 Å². The van der Waals surface area contributed by atoms with Gasteiger partial charge in [0.05, 0.1) is 19.3 Å². The van der Waals surface area contributed by atoms with Gasteiger partial charge in [-0.15, -0.1) is 0 Å². The van der Waals surface area contributed by atoms with E-state index in [1.165, 1.54) is 4.57 Å². The number of aromatic amines is 2. The quantitative estimate of drug-likeness (QED) is 0.518. The van der Waals surface area contributed by atoms with E-state index in [4.69, 9.17) is 4.74 Å². The van der Waals surface area contributed by atoms with Gasteiger partial charge in [0.15, 0.2) is 6.04 Å². The van der Waals surface area contributed by atoms with Crippen LogP contribution in [0.25, 0.3) is 10.9 Å². The minimum absolute atomic E-state index is 0.218. The van der Waals surface area contributed by atoms with Gasteiger partial charge in [0.1, 0.15) is 11.3 Å². The number of hydrogen-bond acceptors (Lipinski definition) is 4. The number of unbranched alkanes of at least 4 members (excludes halogenated alkanes) is 1. The van der Waals surface area contributed by atoms with E-state index in [1.54, 1.807) is 7.11 Å². The lowest BCUT2D eigenvalue weighted by atomic mass is 9.95. The summed E-state index contributed by atoms with van der Waals surface area (Å²) in [6.07, 6.45) is 2.46. The number of nitrogens with two attached hydrogens (primary N) is 1. The number of methoxy groups -OCH3 is 1.